The van der Waals surface area contributed by atoms with Gasteiger partial charge >= 0.3 is 0 Å². The van der Waals surface area contributed by atoms with Gasteiger partial charge in [0.05, 0.1) is 0 Å². The van der Waals surface area contributed by atoms with Gasteiger partial charge in [-0.2, -0.15) is 0 Å². The summed E-state index contributed by atoms with van der Waals surface area (Å²) in [6.07, 6.45) is 1.27. The quantitative estimate of drug-likeness (QED) is 0.748. The van der Waals surface area contributed by atoms with Crippen molar-refractivity contribution in [2.45, 2.75) is 26.3 Å². The molecule has 1 unspecified atom stereocenters. The second-order valence-corrected chi connectivity index (χ2v) is 2.73. The van der Waals surface area contributed by atoms with E-state index in [-0.39, 0.29) is 24.0 Å². The minimum Gasteiger partial charge on any atom is -0.303 e. The molecule has 1 heterocycles. The first-order valence-electron chi connectivity index (χ1n) is 3.79. The standard InChI is InChI=1S/C7H16N2.HI/c1-3-7(2)9-5-4-8-6-9;/h7-8H,3-6H2,1-2H3;1H. The van der Waals surface area contributed by atoms with E-state index >= 15 is 0 Å². The van der Waals surface area contributed by atoms with E-state index in [1.807, 2.05) is 0 Å². The van der Waals surface area contributed by atoms with E-state index < -0.39 is 0 Å². The van der Waals surface area contributed by atoms with Gasteiger partial charge in [-0.25, -0.2) is 0 Å². The van der Waals surface area contributed by atoms with Gasteiger partial charge in [-0.05, 0) is 13.3 Å². The first kappa shape index (κ1) is 10.7. The highest BCUT2D eigenvalue weighted by atomic mass is 127. The highest BCUT2D eigenvalue weighted by molar-refractivity contribution is 14.0. The first-order valence-corrected chi connectivity index (χ1v) is 3.79. The van der Waals surface area contributed by atoms with Crippen LogP contribution in [0.5, 0.6) is 0 Å². The zero-order chi connectivity index (χ0) is 6.69. The van der Waals surface area contributed by atoms with Gasteiger partial charge in [-0.3, -0.25) is 4.90 Å². The largest absolute Gasteiger partial charge is 0.303 e. The Morgan fingerprint density at radius 1 is 1.60 bits per heavy atom. The van der Waals surface area contributed by atoms with Crippen molar-refractivity contribution >= 4 is 24.0 Å². The van der Waals surface area contributed by atoms with Crippen LogP contribution in [-0.4, -0.2) is 30.7 Å². The minimum atomic E-state index is 0. The number of halogens is 1. The van der Waals surface area contributed by atoms with Crippen LogP contribution in [0.15, 0.2) is 0 Å². The molecule has 1 rings (SSSR count). The third kappa shape index (κ3) is 2.72. The normalized spacial score (nSPS) is 22.2. The maximum absolute atomic E-state index is 3.31. The molecule has 62 valence electrons. The van der Waals surface area contributed by atoms with Crippen LogP contribution in [0, 0.1) is 0 Å². The molecule has 0 aliphatic carbocycles. The average Bonchev–Trinajstić information content (AvgIpc) is 2.37. The molecule has 1 N–H and O–H groups in total. The first-order chi connectivity index (χ1) is 4.34. The fourth-order valence-electron chi connectivity index (χ4n) is 1.16. The van der Waals surface area contributed by atoms with Gasteiger partial charge in [0.1, 0.15) is 0 Å². The maximum Gasteiger partial charge on any atom is 0.0484 e. The maximum atomic E-state index is 3.31. The molecule has 0 radical (unpaired) electrons. The van der Waals surface area contributed by atoms with Crippen molar-refractivity contribution < 1.29 is 0 Å². The summed E-state index contributed by atoms with van der Waals surface area (Å²) in [5, 5.41) is 3.31. The molecule has 0 amide bonds. The molecule has 10 heavy (non-hydrogen) atoms. The van der Waals surface area contributed by atoms with Gasteiger partial charge in [0, 0.05) is 25.8 Å². The van der Waals surface area contributed by atoms with Gasteiger partial charge in [-0.15, -0.1) is 24.0 Å². The van der Waals surface area contributed by atoms with Crippen LogP contribution in [0.4, 0.5) is 0 Å². The summed E-state index contributed by atoms with van der Waals surface area (Å²) < 4.78 is 0. The van der Waals surface area contributed by atoms with E-state index in [1.54, 1.807) is 0 Å². The van der Waals surface area contributed by atoms with Crippen LogP contribution >= 0.6 is 24.0 Å². The van der Waals surface area contributed by atoms with Crippen LogP contribution < -0.4 is 5.32 Å². The number of hydrogen-bond acceptors (Lipinski definition) is 2. The van der Waals surface area contributed by atoms with E-state index in [4.69, 9.17) is 0 Å². The summed E-state index contributed by atoms with van der Waals surface area (Å²) in [5.74, 6) is 0. The Balaban J connectivity index is 0.000000810. The molecule has 2 nitrogen and oxygen atoms in total. The number of hydrogen-bond donors (Lipinski definition) is 1. The number of rotatable bonds is 2. The lowest BCUT2D eigenvalue weighted by atomic mass is 10.2. The molecule has 0 bridgehead atoms. The SMILES string of the molecule is CCC(C)N1CCNC1.I. The highest BCUT2D eigenvalue weighted by Gasteiger charge is 2.14. The lowest BCUT2D eigenvalue weighted by Gasteiger charge is -2.20. The molecule has 1 aliphatic heterocycles. The van der Waals surface area contributed by atoms with Crippen LogP contribution in [0.2, 0.25) is 0 Å². The number of nitrogens with one attached hydrogen (secondary N) is 1. The zero-order valence-corrected chi connectivity index (χ0v) is 9.09. The van der Waals surface area contributed by atoms with Crippen LogP contribution in [-0.2, 0) is 0 Å². The molecule has 1 aliphatic rings. The number of nitrogens with zero attached hydrogens (tertiary/aromatic N) is 1. The molecule has 1 fully saturated rings. The van der Waals surface area contributed by atoms with Crippen molar-refractivity contribution in [1.29, 1.82) is 0 Å². The summed E-state index contributed by atoms with van der Waals surface area (Å²) in [6.45, 7) is 8.02. The highest BCUT2D eigenvalue weighted by Crippen LogP contribution is 2.03. The molecular formula is C7H17IN2. The third-order valence-electron chi connectivity index (χ3n) is 2.10. The fraction of sp³-hybridized carbons (Fsp3) is 1.00. The van der Waals surface area contributed by atoms with Crippen molar-refractivity contribution in [2.75, 3.05) is 19.8 Å². The summed E-state index contributed by atoms with van der Waals surface area (Å²) >= 11 is 0. The molecule has 0 aromatic rings. The molecule has 3 heteroatoms. The topological polar surface area (TPSA) is 15.3 Å². The van der Waals surface area contributed by atoms with Gasteiger partial charge in [0.2, 0.25) is 0 Å². The monoisotopic (exact) mass is 256 g/mol. The smallest absolute Gasteiger partial charge is 0.0484 e. The Hall–Kier alpha value is 0.650. The zero-order valence-electron chi connectivity index (χ0n) is 6.76. The molecule has 1 saturated heterocycles. The van der Waals surface area contributed by atoms with Gasteiger partial charge in [0.15, 0.2) is 0 Å². The fourth-order valence-corrected chi connectivity index (χ4v) is 1.16. The Morgan fingerprint density at radius 2 is 2.30 bits per heavy atom. The Morgan fingerprint density at radius 3 is 2.70 bits per heavy atom. The molecule has 1 atom stereocenters. The van der Waals surface area contributed by atoms with Crippen molar-refractivity contribution in [3.05, 3.63) is 0 Å². The van der Waals surface area contributed by atoms with Crippen LogP contribution in [0.25, 0.3) is 0 Å². The van der Waals surface area contributed by atoms with Crippen molar-refractivity contribution in [3.63, 3.8) is 0 Å². The molecule has 0 spiro atoms. The van der Waals surface area contributed by atoms with E-state index in [1.165, 1.54) is 19.5 Å². The summed E-state index contributed by atoms with van der Waals surface area (Å²) in [4.78, 5) is 2.47. The van der Waals surface area contributed by atoms with Gasteiger partial charge < -0.3 is 5.32 Å². The van der Waals surface area contributed by atoms with Crippen LogP contribution in [0.3, 0.4) is 0 Å². The third-order valence-corrected chi connectivity index (χ3v) is 2.10. The van der Waals surface area contributed by atoms with Crippen molar-refractivity contribution in [2.24, 2.45) is 0 Å². The molecule has 0 aromatic carbocycles. The Bertz CT molecular complexity index is 81.7. The van der Waals surface area contributed by atoms with Crippen molar-refractivity contribution in [3.8, 4) is 0 Å². The molecular weight excluding hydrogens is 239 g/mol. The summed E-state index contributed by atoms with van der Waals surface area (Å²) in [5.41, 5.74) is 0. The Labute approximate surface area is 80.4 Å². The van der Waals surface area contributed by atoms with Gasteiger partial charge in [0.25, 0.3) is 0 Å². The lowest BCUT2D eigenvalue weighted by molar-refractivity contribution is 0.250. The van der Waals surface area contributed by atoms with Gasteiger partial charge in [-0.1, -0.05) is 6.92 Å². The molecule has 0 aromatic heterocycles. The predicted octanol–water partition coefficient (Wildman–Crippen LogP) is 1.27. The average molecular weight is 256 g/mol. The van der Waals surface area contributed by atoms with E-state index in [2.05, 4.69) is 24.1 Å². The van der Waals surface area contributed by atoms with E-state index in [9.17, 15) is 0 Å². The van der Waals surface area contributed by atoms with Crippen molar-refractivity contribution in [1.82, 2.24) is 10.2 Å². The molecule has 0 saturated carbocycles. The minimum absolute atomic E-state index is 0. The second kappa shape index (κ2) is 5.32. The lowest BCUT2D eigenvalue weighted by Crippen LogP contribution is -2.31. The Kier molecular flexibility index (Phi) is 5.67. The summed E-state index contributed by atoms with van der Waals surface area (Å²) in [7, 11) is 0. The predicted molar refractivity (Wildman–Crippen MR) is 54.7 cm³/mol. The van der Waals surface area contributed by atoms with Crippen LogP contribution in [0.1, 0.15) is 20.3 Å². The second-order valence-electron chi connectivity index (χ2n) is 2.73. The summed E-state index contributed by atoms with van der Waals surface area (Å²) in [6, 6.07) is 0.764. The van der Waals surface area contributed by atoms with E-state index in [0.717, 1.165) is 12.7 Å². The van der Waals surface area contributed by atoms with E-state index in [0.29, 0.717) is 0 Å².